The van der Waals surface area contributed by atoms with E-state index in [9.17, 15) is 0 Å². The van der Waals surface area contributed by atoms with Gasteiger partial charge in [0.05, 0.1) is 17.6 Å². The number of halogens is 3. The van der Waals surface area contributed by atoms with E-state index in [0.29, 0.717) is 28.2 Å². The summed E-state index contributed by atoms with van der Waals surface area (Å²) >= 11 is 18.5. The number of benzene rings is 3. The van der Waals surface area contributed by atoms with E-state index in [1.54, 1.807) is 0 Å². The van der Waals surface area contributed by atoms with Crippen LogP contribution in [-0.4, -0.2) is 16.2 Å². The van der Waals surface area contributed by atoms with Gasteiger partial charge in [0.1, 0.15) is 18.2 Å². The Morgan fingerprint density at radius 1 is 0.828 bits per heavy atom. The molecule has 0 N–H and O–H groups in total. The third-order valence-corrected chi connectivity index (χ3v) is 5.39. The van der Waals surface area contributed by atoms with Crippen LogP contribution in [0.3, 0.4) is 0 Å². The van der Waals surface area contributed by atoms with Crippen LogP contribution in [-0.2, 0) is 6.54 Å². The summed E-state index contributed by atoms with van der Waals surface area (Å²) in [6, 6.07) is 20.8. The van der Waals surface area contributed by atoms with Crippen molar-refractivity contribution in [1.29, 1.82) is 0 Å². The Morgan fingerprint density at radius 2 is 1.55 bits per heavy atom. The van der Waals surface area contributed by atoms with Crippen molar-refractivity contribution in [2.45, 2.75) is 6.54 Å². The van der Waals surface area contributed by atoms with Crippen LogP contribution in [0.5, 0.6) is 5.75 Å². The number of hydrogen-bond acceptors (Lipinski definition) is 2. The van der Waals surface area contributed by atoms with Crippen LogP contribution in [0.25, 0.3) is 23.2 Å². The molecule has 0 bridgehead atoms. The number of rotatable bonds is 6. The van der Waals surface area contributed by atoms with E-state index in [4.69, 9.17) is 44.5 Å². The molecule has 0 saturated heterocycles. The van der Waals surface area contributed by atoms with E-state index in [2.05, 4.69) is 4.57 Å². The molecule has 0 unspecified atom stereocenters. The van der Waals surface area contributed by atoms with Crippen molar-refractivity contribution in [2.75, 3.05) is 6.61 Å². The first-order chi connectivity index (χ1) is 14.1. The number of para-hydroxylation sites is 2. The van der Waals surface area contributed by atoms with Crippen LogP contribution in [0.2, 0.25) is 15.1 Å². The lowest BCUT2D eigenvalue weighted by molar-refractivity contribution is 0.300. The van der Waals surface area contributed by atoms with Gasteiger partial charge in [0, 0.05) is 20.6 Å². The lowest BCUT2D eigenvalue weighted by atomic mass is 10.2. The third kappa shape index (κ3) is 4.59. The summed E-state index contributed by atoms with van der Waals surface area (Å²) in [4.78, 5) is 4.74. The Hall–Kier alpha value is -2.46. The van der Waals surface area contributed by atoms with Crippen LogP contribution in [0.4, 0.5) is 0 Å². The average Bonchev–Trinajstić information content (AvgIpc) is 3.07. The monoisotopic (exact) mass is 442 g/mol. The predicted molar refractivity (Wildman–Crippen MR) is 122 cm³/mol. The second-order valence-corrected chi connectivity index (χ2v) is 7.63. The highest BCUT2D eigenvalue weighted by Gasteiger charge is 2.09. The van der Waals surface area contributed by atoms with Crippen molar-refractivity contribution < 1.29 is 4.74 Å². The number of fused-ring (bicyclic) bond motifs is 1. The molecule has 3 nitrogen and oxygen atoms in total. The minimum absolute atomic E-state index is 0.496. The van der Waals surface area contributed by atoms with E-state index < -0.39 is 0 Å². The zero-order valence-electron chi connectivity index (χ0n) is 15.4. The second kappa shape index (κ2) is 8.91. The fourth-order valence-corrected chi connectivity index (χ4v) is 3.72. The molecule has 4 rings (SSSR count). The molecule has 4 aromatic rings. The van der Waals surface area contributed by atoms with Crippen molar-refractivity contribution in [3.05, 3.63) is 93.2 Å². The van der Waals surface area contributed by atoms with Gasteiger partial charge < -0.3 is 9.30 Å². The van der Waals surface area contributed by atoms with E-state index in [1.807, 2.05) is 78.9 Å². The van der Waals surface area contributed by atoms with Crippen LogP contribution >= 0.6 is 34.8 Å². The molecule has 0 atom stereocenters. The van der Waals surface area contributed by atoms with E-state index in [0.717, 1.165) is 28.2 Å². The first kappa shape index (κ1) is 19.8. The van der Waals surface area contributed by atoms with Gasteiger partial charge in [0.25, 0.3) is 0 Å². The van der Waals surface area contributed by atoms with E-state index in [1.165, 1.54) is 0 Å². The van der Waals surface area contributed by atoms with Crippen molar-refractivity contribution in [1.82, 2.24) is 9.55 Å². The maximum Gasteiger partial charge on any atom is 0.133 e. The second-order valence-electron chi connectivity index (χ2n) is 6.38. The number of nitrogens with zero attached hydrogens (tertiary/aromatic N) is 2. The quantitative estimate of drug-likeness (QED) is 0.314. The highest BCUT2D eigenvalue weighted by Crippen LogP contribution is 2.27. The van der Waals surface area contributed by atoms with Gasteiger partial charge in [0.15, 0.2) is 0 Å². The summed E-state index contributed by atoms with van der Waals surface area (Å²) in [5.41, 5.74) is 2.73. The predicted octanol–water partition coefficient (Wildman–Crippen LogP) is 7.25. The molecule has 0 aliphatic rings. The molecule has 0 amide bonds. The summed E-state index contributed by atoms with van der Waals surface area (Å²) < 4.78 is 7.98. The highest BCUT2D eigenvalue weighted by atomic mass is 35.5. The van der Waals surface area contributed by atoms with Crippen LogP contribution in [0, 0.1) is 0 Å². The summed E-state index contributed by atoms with van der Waals surface area (Å²) in [6.45, 7) is 1.13. The molecule has 29 heavy (non-hydrogen) atoms. The number of hydrogen-bond donors (Lipinski definition) is 0. The largest absolute Gasteiger partial charge is 0.492 e. The standard InChI is InChI=1S/C23H17Cl3N2O/c24-16-8-10-17(11-9-16)29-15-14-28-22-7-2-1-6-21(22)27-23(28)13-12-18-19(25)4-3-5-20(18)26/h1-13H,14-15H2/b13-12+. The average molecular weight is 444 g/mol. The van der Waals surface area contributed by atoms with Gasteiger partial charge in [-0.3, -0.25) is 0 Å². The van der Waals surface area contributed by atoms with Crippen LogP contribution < -0.4 is 4.74 Å². The van der Waals surface area contributed by atoms with Gasteiger partial charge in [0.2, 0.25) is 0 Å². The number of ether oxygens (including phenoxy) is 1. The molecule has 0 fully saturated rings. The molecule has 0 spiro atoms. The third-order valence-electron chi connectivity index (χ3n) is 4.48. The lowest BCUT2D eigenvalue weighted by Gasteiger charge is -2.10. The van der Waals surface area contributed by atoms with Crippen molar-refractivity contribution in [3.63, 3.8) is 0 Å². The normalized spacial score (nSPS) is 11.4. The first-order valence-electron chi connectivity index (χ1n) is 9.07. The molecule has 0 radical (unpaired) electrons. The Bertz CT molecular complexity index is 1150. The maximum absolute atomic E-state index is 6.28. The fourth-order valence-electron chi connectivity index (χ4n) is 3.07. The van der Waals surface area contributed by atoms with Crippen molar-refractivity contribution in [3.8, 4) is 5.75 Å². The summed E-state index contributed by atoms with van der Waals surface area (Å²) in [5.74, 6) is 1.58. The molecule has 3 aromatic carbocycles. The van der Waals surface area contributed by atoms with Gasteiger partial charge in [-0.15, -0.1) is 0 Å². The Morgan fingerprint density at radius 3 is 2.31 bits per heavy atom. The Labute approximate surface area is 184 Å². The zero-order valence-corrected chi connectivity index (χ0v) is 17.6. The first-order valence-corrected chi connectivity index (χ1v) is 10.2. The molecule has 146 valence electrons. The molecule has 0 saturated carbocycles. The minimum atomic E-state index is 0.496. The topological polar surface area (TPSA) is 27.1 Å². The van der Waals surface area contributed by atoms with Gasteiger partial charge >= 0.3 is 0 Å². The molecular formula is C23H17Cl3N2O. The number of imidazole rings is 1. The Balaban J connectivity index is 1.60. The summed E-state index contributed by atoms with van der Waals surface area (Å²) in [6.07, 6.45) is 3.82. The fraction of sp³-hybridized carbons (Fsp3) is 0.0870. The molecule has 0 aliphatic carbocycles. The van der Waals surface area contributed by atoms with Crippen molar-refractivity contribution >= 4 is 58.0 Å². The molecule has 0 aliphatic heterocycles. The van der Waals surface area contributed by atoms with Gasteiger partial charge in [-0.2, -0.15) is 0 Å². The lowest BCUT2D eigenvalue weighted by Crippen LogP contribution is -2.09. The highest BCUT2D eigenvalue weighted by molar-refractivity contribution is 6.37. The number of aromatic nitrogens is 2. The van der Waals surface area contributed by atoms with Gasteiger partial charge in [-0.05, 0) is 60.7 Å². The van der Waals surface area contributed by atoms with Gasteiger partial charge in [-0.1, -0.05) is 53.0 Å². The zero-order chi connectivity index (χ0) is 20.2. The molecule has 1 aromatic heterocycles. The van der Waals surface area contributed by atoms with E-state index >= 15 is 0 Å². The van der Waals surface area contributed by atoms with Crippen LogP contribution in [0.15, 0.2) is 66.7 Å². The van der Waals surface area contributed by atoms with Gasteiger partial charge in [-0.25, -0.2) is 4.98 Å². The smallest absolute Gasteiger partial charge is 0.133 e. The summed E-state index contributed by atoms with van der Waals surface area (Å²) in [5, 5.41) is 1.88. The Kier molecular flexibility index (Phi) is 6.10. The summed E-state index contributed by atoms with van der Waals surface area (Å²) in [7, 11) is 0. The van der Waals surface area contributed by atoms with E-state index in [-0.39, 0.29) is 0 Å². The molecular weight excluding hydrogens is 427 g/mol. The molecule has 1 heterocycles. The minimum Gasteiger partial charge on any atom is -0.492 e. The SMILES string of the molecule is Clc1ccc(OCCn2c(/C=C/c3c(Cl)cccc3Cl)nc3ccccc32)cc1. The van der Waals surface area contributed by atoms with Crippen LogP contribution in [0.1, 0.15) is 11.4 Å². The maximum atomic E-state index is 6.28. The molecule has 6 heteroatoms. The van der Waals surface area contributed by atoms with Crippen molar-refractivity contribution in [2.24, 2.45) is 0 Å².